The van der Waals surface area contributed by atoms with Crippen LogP contribution < -0.4 is 0 Å². The van der Waals surface area contributed by atoms with Crippen LogP contribution in [0.3, 0.4) is 0 Å². The number of rotatable bonds is 4. The molecule has 2 heterocycles. The smallest absolute Gasteiger partial charge is 0.373 e. The predicted molar refractivity (Wildman–Crippen MR) is 67.8 cm³/mol. The van der Waals surface area contributed by atoms with Gasteiger partial charge in [-0.2, -0.15) is 0 Å². The first-order valence-electron chi connectivity index (χ1n) is 5.60. The van der Waals surface area contributed by atoms with Gasteiger partial charge >= 0.3 is 5.97 Å². The average Bonchev–Trinajstić information content (AvgIpc) is 3.05. The van der Waals surface area contributed by atoms with Crippen LogP contribution in [-0.4, -0.2) is 18.2 Å². The molecular weight excluding hydrogens is 252 g/mol. The molecule has 0 aliphatic rings. The van der Waals surface area contributed by atoms with E-state index in [2.05, 4.69) is 11.7 Å². The topological polar surface area (TPSA) is 59.7 Å². The second-order valence-corrected chi connectivity index (χ2v) is 4.95. The molecule has 1 unspecified atom stereocenters. The molecule has 0 bridgehead atoms. The molecule has 5 heteroatoms. The normalized spacial score (nSPS) is 12.4. The van der Waals surface area contributed by atoms with Gasteiger partial charge in [-0.25, -0.2) is 4.79 Å². The summed E-state index contributed by atoms with van der Waals surface area (Å²) in [4.78, 5) is 13.2. The first-order chi connectivity index (χ1) is 8.65. The Hall–Kier alpha value is -1.59. The van der Waals surface area contributed by atoms with Crippen molar-refractivity contribution in [1.29, 1.82) is 0 Å². The van der Waals surface area contributed by atoms with Crippen molar-refractivity contribution < 1.29 is 19.1 Å². The third-order valence-corrected chi connectivity index (χ3v) is 3.87. The van der Waals surface area contributed by atoms with Crippen molar-refractivity contribution in [2.75, 3.05) is 7.11 Å². The van der Waals surface area contributed by atoms with Crippen LogP contribution in [0.1, 0.15) is 39.1 Å². The van der Waals surface area contributed by atoms with Gasteiger partial charge in [0, 0.05) is 9.75 Å². The Morgan fingerprint density at radius 1 is 1.44 bits per heavy atom. The number of hydrogen-bond acceptors (Lipinski definition) is 5. The van der Waals surface area contributed by atoms with E-state index in [1.165, 1.54) is 29.4 Å². The number of esters is 1. The predicted octanol–water partition coefficient (Wildman–Crippen LogP) is 2.77. The number of aliphatic hydroxyl groups excluding tert-OH is 1. The van der Waals surface area contributed by atoms with Crippen LogP contribution in [0, 0.1) is 0 Å². The van der Waals surface area contributed by atoms with E-state index in [0.717, 1.165) is 11.3 Å². The van der Waals surface area contributed by atoms with Crippen molar-refractivity contribution in [2.45, 2.75) is 19.4 Å². The van der Waals surface area contributed by atoms with Gasteiger partial charge in [-0.15, -0.1) is 11.3 Å². The number of aliphatic hydroxyl groups is 1. The minimum absolute atomic E-state index is 0.0961. The van der Waals surface area contributed by atoms with Crippen LogP contribution in [0.15, 0.2) is 28.7 Å². The number of thiophene rings is 1. The Balaban J connectivity index is 2.20. The van der Waals surface area contributed by atoms with E-state index in [0.29, 0.717) is 5.76 Å². The summed E-state index contributed by atoms with van der Waals surface area (Å²) in [5.74, 6) is -0.104. The van der Waals surface area contributed by atoms with E-state index in [-0.39, 0.29) is 5.76 Å². The van der Waals surface area contributed by atoms with Crippen molar-refractivity contribution >= 4 is 17.3 Å². The number of hydrogen-bond donors (Lipinski definition) is 1. The van der Waals surface area contributed by atoms with Gasteiger partial charge in [0.1, 0.15) is 11.9 Å². The Bertz CT molecular complexity index is 541. The lowest BCUT2D eigenvalue weighted by molar-refractivity contribution is 0.0558. The highest BCUT2D eigenvalue weighted by molar-refractivity contribution is 7.12. The molecule has 4 nitrogen and oxygen atoms in total. The minimum Gasteiger partial charge on any atom is -0.463 e. The summed E-state index contributed by atoms with van der Waals surface area (Å²) in [7, 11) is 1.29. The fourth-order valence-corrected chi connectivity index (χ4v) is 2.53. The fourth-order valence-electron chi connectivity index (χ4n) is 1.58. The number of carbonyl (C=O) groups excluding carboxylic acids is 1. The number of ether oxygens (including phenoxy) is 1. The fraction of sp³-hybridized carbons (Fsp3) is 0.308. The quantitative estimate of drug-likeness (QED) is 0.864. The molecule has 0 aromatic carbocycles. The van der Waals surface area contributed by atoms with Gasteiger partial charge in [0.15, 0.2) is 0 Å². The molecule has 2 aromatic heterocycles. The molecule has 0 spiro atoms. The zero-order valence-corrected chi connectivity index (χ0v) is 11.0. The van der Waals surface area contributed by atoms with E-state index in [4.69, 9.17) is 4.42 Å². The molecule has 0 amide bonds. The third kappa shape index (κ3) is 2.47. The van der Waals surface area contributed by atoms with Crippen molar-refractivity contribution in [3.8, 4) is 0 Å². The van der Waals surface area contributed by atoms with E-state index >= 15 is 0 Å². The third-order valence-electron chi connectivity index (χ3n) is 2.58. The molecule has 1 atom stereocenters. The zero-order valence-electron chi connectivity index (χ0n) is 10.2. The van der Waals surface area contributed by atoms with Crippen LogP contribution in [0.4, 0.5) is 0 Å². The van der Waals surface area contributed by atoms with Gasteiger partial charge in [0.2, 0.25) is 5.76 Å². The Morgan fingerprint density at radius 3 is 2.83 bits per heavy atom. The lowest BCUT2D eigenvalue weighted by Gasteiger charge is -2.04. The van der Waals surface area contributed by atoms with Crippen LogP contribution in [0.2, 0.25) is 0 Å². The molecule has 0 saturated carbocycles. The van der Waals surface area contributed by atoms with Crippen LogP contribution in [-0.2, 0) is 11.2 Å². The maximum atomic E-state index is 11.2. The Labute approximate surface area is 109 Å². The van der Waals surface area contributed by atoms with Crippen molar-refractivity contribution in [3.63, 3.8) is 0 Å². The first kappa shape index (κ1) is 12.9. The molecule has 1 N–H and O–H groups in total. The molecule has 0 saturated heterocycles. The van der Waals surface area contributed by atoms with Gasteiger partial charge in [-0.05, 0) is 30.7 Å². The number of methoxy groups -OCH3 is 1. The summed E-state index contributed by atoms with van der Waals surface area (Å²) in [6.07, 6.45) is 0.0943. The zero-order chi connectivity index (χ0) is 13.1. The Kier molecular flexibility index (Phi) is 3.84. The number of aryl methyl sites for hydroxylation is 1. The highest BCUT2D eigenvalue weighted by atomic mass is 32.1. The molecule has 18 heavy (non-hydrogen) atoms. The largest absolute Gasteiger partial charge is 0.463 e. The summed E-state index contributed by atoms with van der Waals surface area (Å²) in [6.45, 7) is 2.06. The minimum atomic E-state index is -0.839. The molecule has 96 valence electrons. The summed E-state index contributed by atoms with van der Waals surface area (Å²) >= 11 is 1.53. The van der Waals surface area contributed by atoms with Gasteiger partial charge in [-0.1, -0.05) is 6.92 Å². The van der Waals surface area contributed by atoms with Crippen molar-refractivity contribution in [1.82, 2.24) is 0 Å². The molecule has 2 aromatic rings. The maximum absolute atomic E-state index is 11.2. The van der Waals surface area contributed by atoms with Crippen molar-refractivity contribution in [3.05, 3.63) is 45.5 Å². The molecule has 2 rings (SSSR count). The first-order valence-corrected chi connectivity index (χ1v) is 6.42. The average molecular weight is 266 g/mol. The van der Waals surface area contributed by atoms with Gasteiger partial charge < -0.3 is 14.3 Å². The standard InChI is InChI=1S/C13H14O4S/c1-3-8-4-7-11(18-8)12(14)9-5-6-10(17-9)13(15)16-2/h4-7,12,14H,3H2,1-2H3. The van der Waals surface area contributed by atoms with Gasteiger partial charge in [0.05, 0.1) is 7.11 Å². The summed E-state index contributed by atoms with van der Waals surface area (Å²) < 4.78 is 9.82. The second-order valence-electron chi connectivity index (χ2n) is 3.75. The van der Waals surface area contributed by atoms with Gasteiger partial charge in [0.25, 0.3) is 0 Å². The highest BCUT2D eigenvalue weighted by Gasteiger charge is 2.19. The van der Waals surface area contributed by atoms with E-state index < -0.39 is 12.1 Å². The number of carbonyl (C=O) groups is 1. The lowest BCUT2D eigenvalue weighted by Crippen LogP contribution is -1.99. The molecule has 0 fully saturated rings. The van der Waals surface area contributed by atoms with E-state index in [9.17, 15) is 9.90 Å². The highest BCUT2D eigenvalue weighted by Crippen LogP contribution is 2.29. The van der Waals surface area contributed by atoms with Gasteiger partial charge in [-0.3, -0.25) is 0 Å². The summed E-state index contributed by atoms with van der Waals surface area (Å²) in [5, 5.41) is 10.1. The molecular formula is C13H14O4S. The van der Waals surface area contributed by atoms with Crippen LogP contribution in [0.25, 0.3) is 0 Å². The Morgan fingerprint density at radius 2 is 2.22 bits per heavy atom. The molecule has 0 aliphatic heterocycles. The van der Waals surface area contributed by atoms with Crippen LogP contribution >= 0.6 is 11.3 Å². The second kappa shape index (κ2) is 5.37. The maximum Gasteiger partial charge on any atom is 0.373 e. The summed E-state index contributed by atoms with van der Waals surface area (Å²) in [5.41, 5.74) is 0. The van der Waals surface area contributed by atoms with E-state index in [1.807, 2.05) is 12.1 Å². The van der Waals surface area contributed by atoms with Crippen LogP contribution in [0.5, 0.6) is 0 Å². The SMILES string of the molecule is CCc1ccc(C(O)c2ccc(C(=O)OC)o2)s1. The van der Waals surface area contributed by atoms with E-state index in [1.54, 1.807) is 6.07 Å². The number of furan rings is 1. The lowest BCUT2D eigenvalue weighted by atomic mass is 10.2. The molecule has 0 aliphatic carbocycles. The summed E-state index contributed by atoms with van der Waals surface area (Å²) in [6, 6.07) is 6.93. The van der Waals surface area contributed by atoms with Crippen molar-refractivity contribution in [2.24, 2.45) is 0 Å². The molecule has 0 radical (unpaired) electrons. The monoisotopic (exact) mass is 266 g/mol.